The molecule has 4 rings (SSSR count). The molecule has 8 heteroatoms. The molecule has 0 bridgehead atoms. The highest BCUT2D eigenvalue weighted by atomic mass is 19.1. The summed E-state index contributed by atoms with van der Waals surface area (Å²) in [5.41, 5.74) is 0.286. The molecule has 1 amide bonds. The molecule has 0 aromatic heterocycles. The maximum atomic E-state index is 14.8. The Labute approximate surface area is 207 Å². The summed E-state index contributed by atoms with van der Waals surface area (Å²) in [6.07, 6.45) is 1.49. The van der Waals surface area contributed by atoms with E-state index in [0.717, 1.165) is 22.9 Å². The number of hydrogen-bond acceptors (Lipinski definition) is 4. The number of ketones is 1. The number of carboxylic acid groups (broad SMARTS) is 1. The van der Waals surface area contributed by atoms with Gasteiger partial charge in [0.2, 0.25) is 0 Å². The van der Waals surface area contributed by atoms with Crippen molar-refractivity contribution in [2.75, 3.05) is 24.5 Å². The normalized spacial score (nSPS) is 14.1. The van der Waals surface area contributed by atoms with Crippen LogP contribution in [0.25, 0.3) is 10.8 Å². The van der Waals surface area contributed by atoms with Gasteiger partial charge < -0.3 is 15.3 Å². The van der Waals surface area contributed by atoms with Gasteiger partial charge in [-0.3, -0.25) is 14.4 Å². The number of anilines is 1. The first-order chi connectivity index (χ1) is 17.3. The van der Waals surface area contributed by atoms with Crippen molar-refractivity contribution in [3.05, 3.63) is 77.4 Å². The monoisotopic (exact) mass is 494 g/mol. The van der Waals surface area contributed by atoms with Crippen LogP contribution in [0.4, 0.5) is 14.5 Å². The van der Waals surface area contributed by atoms with Crippen molar-refractivity contribution in [2.45, 2.75) is 32.1 Å². The first-order valence-electron chi connectivity index (χ1n) is 12.1. The Morgan fingerprint density at radius 2 is 1.67 bits per heavy atom. The summed E-state index contributed by atoms with van der Waals surface area (Å²) >= 11 is 0. The van der Waals surface area contributed by atoms with Crippen LogP contribution in [-0.4, -0.2) is 42.4 Å². The van der Waals surface area contributed by atoms with Gasteiger partial charge in [-0.05, 0) is 54.2 Å². The summed E-state index contributed by atoms with van der Waals surface area (Å²) in [4.78, 5) is 37.5. The number of carboxylic acids is 1. The number of nitrogens with zero attached hydrogens (tertiary/aromatic N) is 1. The fraction of sp³-hybridized carbons (Fsp3) is 0.321. The number of carbonyl (C=O) groups excluding carboxylic acids is 2. The van der Waals surface area contributed by atoms with Gasteiger partial charge in [0.25, 0.3) is 5.91 Å². The molecule has 1 aliphatic rings. The number of fused-ring (bicyclic) bond motifs is 1. The largest absolute Gasteiger partial charge is 0.481 e. The van der Waals surface area contributed by atoms with Gasteiger partial charge in [-0.25, -0.2) is 8.78 Å². The maximum Gasteiger partial charge on any atom is 0.303 e. The molecule has 0 radical (unpaired) electrons. The van der Waals surface area contributed by atoms with E-state index < -0.39 is 23.4 Å². The standard InChI is InChI=1S/C28H28F2N2O4/c29-23-17-25(32-12-9-18(10-13-32)14-27(34)35)24(30)16-22(23)26(33)6-3-11-31-28(36)21-8-7-19-4-1-2-5-20(19)15-21/h1-2,4-5,7-8,15-18H,3,6,9-14H2,(H,31,36)(H,34,35). The van der Waals surface area contributed by atoms with Crippen LogP contribution >= 0.6 is 0 Å². The number of benzene rings is 3. The second kappa shape index (κ2) is 11.3. The summed E-state index contributed by atoms with van der Waals surface area (Å²) in [6, 6.07) is 15.1. The van der Waals surface area contributed by atoms with Crippen LogP contribution < -0.4 is 10.2 Å². The minimum absolute atomic E-state index is 0.0224. The van der Waals surface area contributed by atoms with E-state index in [9.17, 15) is 23.2 Å². The molecule has 1 fully saturated rings. The van der Waals surface area contributed by atoms with Gasteiger partial charge >= 0.3 is 5.97 Å². The predicted molar refractivity (Wildman–Crippen MR) is 133 cm³/mol. The third kappa shape index (κ3) is 6.05. The van der Waals surface area contributed by atoms with E-state index >= 15 is 0 Å². The maximum absolute atomic E-state index is 14.8. The molecule has 1 heterocycles. The lowest BCUT2D eigenvalue weighted by atomic mass is 9.93. The summed E-state index contributed by atoms with van der Waals surface area (Å²) in [6.45, 7) is 1.09. The molecule has 0 saturated carbocycles. The topological polar surface area (TPSA) is 86.7 Å². The van der Waals surface area contributed by atoms with Crippen molar-refractivity contribution in [2.24, 2.45) is 5.92 Å². The van der Waals surface area contributed by atoms with Crippen molar-refractivity contribution in [3.8, 4) is 0 Å². The summed E-state index contributed by atoms with van der Waals surface area (Å²) in [5.74, 6) is -3.10. The van der Waals surface area contributed by atoms with Crippen LogP contribution in [-0.2, 0) is 4.79 Å². The lowest BCUT2D eigenvalue weighted by Crippen LogP contribution is -2.35. The molecule has 1 aliphatic heterocycles. The third-order valence-electron chi connectivity index (χ3n) is 6.63. The minimum atomic E-state index is -0.859. The summed E-state index contributed by atoms with van der Waals surface area (Å²) in [5, 5.41) is 13.7. The number of carbonyl (C=O) groups is 3. The SMILES string of the molecule is O=C(O)CC1CCN(c2cc(F)c(C(=O)CCCNC(=O)c3ccc4ccccc4c3)cc2F)CC1. The third-order valence-corrected chi connectivity index (χ3v) is 6.63. The Morgan fingerprint density at radius 1 is 0.944 bits per heavy atom. The molecule has 3 aromatic rings. The van der Waals surface area contributed by atoms with Crippen LogP contribution in [0.1, 0.15) is 52.8 Å². The highest BCUT2D eigenvalue weighted by Gasteiger charge is 2.25. The number of Topliss-reactive ketones (excluding diaryl/α,β-unsaturated/α-hetero) is 1. The minimum Gasteiger partial charge on any atom is -0.481 e. The van der Waals surface area contributed by atoms with E-state index in [1.54, 1.807) is 17.0 Å². The van der Waals surface area contributed by atoms with Gasteiger partial charge in [-0.1, -0.05) is 30.3 Å². The van der Waals surface area contributed by atoms with E-state index in [-0.39, 0.29) is 48.9 Å². The van der Waals surface area contributed by atoms with Crippen molar-refractivity contribution in [1.29, 1.82) is 0 Å². The Kier molecular flexibility index (Phi) is 7.93. The van der Waals surface area contributed by atoms with Crippen molar-refractivity contribution < 1.29 is 28.3 Å². The Morgan fingerprint density at radius 3 is 2.39 bits per heavy atom. The lowest BCUT2D eigenvalue weighted by molar-refractivity contribution is -0.138. The Hall–Kier alpha value is -3.81. The average Bonchev–Trinajstić information content (AvgIpc) is 2.87. The highest BCUT2D eigenvalue weighted by molar-refractivity contribution is 5.99. The Balaban J connectivity index is 1.29. The zero-order valence-corrected chi connectivity index (χ0v) is 19.8. The van der Waals surface area contributed by atoms with Gasteiger partial charge in [0.1, 0.15) is 11.6 Å². The molecule has 36 heavy (non-hydrogen) atoms. The zero-order valence-electron chi connectivity index (χ0n) is 19.8. The number of piperidine rings is 1. The quantitative estimate of drug-likeness (QED) is 0.315. The molecular formula is C28H28F2N2O4. The van der Waals surface area contributed by atoms with E-state index in [2.05, 4.69) is 5.32 Å². The van der Waals surface area contributed by atoms with Crippen molar-refractivity contribution in [1.82, 2.24) is 5.32 Å². The number of amides is 1. The van der Waals surface area contributed by atoms with E-state index in [1.807, 2.05) is 30.3 Å². The first kappa shape index (κ1) is 25.3. The van der Waals surface area contributed by atoms with Crippen molar-refractivity contribution in [3.63, 3.8) is 0 Å². The molecule has 188 valence electrons. The van der Waals surface area contributed by atoms with Crippen LogP contribution in [0.5, 0.6) is 0 Å². The van der Waals surface area contributed by atoms with Gasteiger partial charge in [-0.2, -0.15) is 0 Å². The zero-order chi connectivity index (χ0) is 25.7. The number of halogens is 2. The van der Waals surface area contributed by atoms with Crippen LogP contribution in [0, 0.1) is 17.6 Å². The van der Waals surface area contributed by atoms with E-state index in [4.69, 9.17) is 5.11 Å². The fourth-order valence-corrected chi connectivity index (χ4v) is 4.64. The molecule has 6 nitrogen and oxygen atoms in total. The second-order valence-corrected chi connectivity index (χ2v) is 9.16. The molecule has 0 atom stereocenters. The van der Waals surface area contributed by atoms with Gasteiger partial charge in [-0.15, -0.1) is 0 Å². The number of nitrogens with one attached hydrogen (secondary N) is 1. The van der Waals surface area contributed by atoms with E-state index in [0.29, 0.717) is 31.5 Å². The molecule has 0 unspecified atom stereocenters. The molecule has 0 spiro atoms. The molecular weight excluding hydrogens is 466 g/mol. The summed E-state index contributed by atoms with van der Waals surface area (Å²) in [7, 11) is 0. The van der Waals surface area contributed by atoms with Gasteiger partial charge in [0.15, 0.2) is 5.78 Å². The number of hydrogen-bond donors (Lipinski definition) is 2. The lowest BCUT2D eigenvalue weighted by Gasteiger charge is -2.33. The predicted octanol–water partition coefficient (Wildman–Crippen LogP) is 5.20. The molecule has 1 saturated heterocycles. The van der Waals surface area contributed by atoms with Crippen LogP contribution in [0.15, 0.2) is 54.6 Å². The van der Waals surface area contributed by atoms with E-state index in [1.165, 1.54) is 0 Å². The Bertz CT molecular complexity index is 1290. The molecule has 2 N–H and O–H groups in total. The van der Waals surface area contributed by atoms with Crippen molar-refractivity contribution >= 4 is 34.1 Å². The number of aliphatic carboxylic acids is 1. The van der Waals surface area contributed by atoms with Crippen LogP contribution in [0.3, 0.4) is 0 Å². The molecule has 0 aliphatic carbocycles. The van der Waals surface area contributed by atoms with Gasteiger partial charge in [0.05, 0.1) is 11.3 Å². The number of rotatable bonds is 9. The molecule has 3 aromatic carbocycles. The second-order valence-electron chi connectivity index (χ2n) is 9.16. The first-order valence-corrected chi connectivity index (χ1v) is 12.1. The van der Waals surface area contributed by atoms with Gasteiger partial charge in [0, 0.05) is 44.1 Å². The highest BCUT2D eigenvalue weighted by Crippen LogP contribution is 2.29. The summed E-state index contributed by atoms with van der Waals surface area (Å²) < 4.78 is 29.5. The van der Waals surface area contributed by atoms with Crippen LogP contribution in [0.2, 0.25) is 0 Å². The average molecular weight is 495 g/mol. The smallest absolute Gasteiger partial charge is 0.303 e. The fourth-order valence-electron chi connectivity index (χ4n) is 4.64.